The maximum Gasteiger partial charge on any atom is 0.330 e. The highest BCUT2D eigenvalue weighted by molar-refractivity contribution is 7.89. The molecule has 0 aliphatic heterocycles. The van der Waals surface area contributed by atoms with E-state index in [-0.39, 0.29) is 30.9 Å². The predicted octanol–water partition coefficient (Wildman–Crippen LogP) is -0.500. The van der Waals surface area contributed by atoms with Crippen LogP contribution in [0.5, 0.6) is 0 Å². The molecule has 10 heteroatoms. The molecule has 0 radical (unpaired) electrons. The lowest BCUT2D eigenvalue weighted by molar-refractivity contribution is 0.396. The monoisotopic (exact) mass is 368 g/mol. The van der Waals surface area contributed by atoms with Crippen LogP contribution in [0.15, 0.2) is 20.7 Å². The number of hydrogen-bond donors (Lipinski definition) is 1. The van der Waals surface area contributed by atoms with Crippen molar-refractivity contribution in [3.63, 3.8) is 0 Å². The van der Waals surface area contributed by atoms with E-state index in [1.807, 2.05) is 13.8 Å². The topological polar surface area (TPSA) is 107 Å². The van der Waals surface area contributed by atoms with Gasteiger partial charge in [-0.15, -0.1) is 12.4 Å². The van der Waals surface area contributed by atoms with Crippen LogP contribution in [0, 0.1) is 5.92 Å². The Morgan fingerprint density at radius 3 is 2.26 bits per heavy atom. The summed E-state index contributed by atoms with van der Waals surface area (Å²) in [6.07, 6.45) is 1.54. The molecule has 1 atom stereocenters. The van der Waals surface area contributed by atoms with Gasteiger partial charge in [0.2, 0.25) is 10.0 Å². The minimum atomic E-state index is -3.97. The minimum absolute atomic E-state index is 0. The molecule has 0 saturated carbocycles. The summed E-state index contributed by atoms with van der Waals surface area (Å²) in [5, 5.41) is 0. The highest BCUT2D eigenvalue weighted by Crippen LogP contribution is 2.11. The SMILES string of the molecule is CC(C)C(N)CCN(C)S(=O)(=O)c1cn(C)c(=O)n(C)c1=O.Cl. The Morgan fingerprint density at radius 1 is 1.26 bits per heavy atom. The van der Waals surface area contributed by atoms with E-state index in [0.717, 1.165) is 19.6 Å². The van der Waals surface area contributed by atoms with Crippen molar-refractivity contribution in [1.29, 1.82) is 0 Å². The van der Waals surface area contributed by atoms with Gasteiger partial charge in [-0.05, 0) is 12.3 Å². The highest BCUT2D eigenvalue weighted by atomic mass is 35.5. The third-order valence-electron chi connectivity index (χ3n) is 3.74. The highest BCUT2D eigenvalue weighted by Gasteiger charge is 2.26. The van der Waals surface area contributed by atoms with Crippen LogP contribution in [-0.4, -0.2) is 41.5 Å². The lowest BCUT2D eigenvalue weighted by Gasteiger charge is -2.21. The molecule has 0 aliphatic carbocycles. The molecule has 0 aromatic carbocycles. The third-order valence-corrected chi connectivity index (χ3v) is 5.58. The zero-order chi connectivity index (χ0) is 17.2. The molecule has 2 N–H and O–H groups in total. The second-order valence-electron chi connectivity index (χ2n) is 5.77. The van der Waals surface area contributed by atoms with E-state index in [1.54, 1.807) is 0 Å². The minimum Gasteiger partial charge on any atom is -0.327 e. The summed E-state index contributed by atoms with van der Waals surface area (Å²) in [6.45, 7) is 4.12. The lowest BCUT2D eigenvalue weighted by Crippen LogP contribution is -2.42. The van der Waals surface area contributed by atoms with E-state index < -0.39 is 26.2 Å². The molecule has 1 rings (SSSR count). The van der Waals surface area contributed by atoms with E-state index in [1.165, 1.54) is 21.1 Å². The maximum atomic E-state index is 12.5. The molecular formula is C13H25ClN4O4S. The number of aromatic nitrogens is 2. The average molecular weight is 369 g/mol. The molecule has 8 nitrogen and oxygen atoms in total. The van der Waals surface area contributed by atoms with E-state index in [0.29, 0.717) is 6.42 Å². The van der Waals surface area contributed by atoms with Gasteiger partial charge < -0.3 is 10.3 Å². The van der Waals surface area contributed by atoms with Gasteiger partial charge >= 0.3 is 5.69 Å². The zero-order valence-corrected chi connectivity index (χ0v) is 15.6. The summed E-state index contributed by atoms with van der Waals surface area (Å²) in [5.74, 6) is 0.238. The first-order valence-corrected chi connectivity index (χ1v) is 8.42. The maximum absolute atomic E-state index is 12.5. The van der Waals surface area contributed by atoms with Crippen LogP contribution in [0.2, 0.25) is 0 Å². The number of sulfonamides is 1. The zero-order valence-electron chi connectivity index (χ0n) is 14.0. The Hall–Kier alpha value is -1.16. The first kappa shape index (κ1) is 21.8. The number of nitrogens with zero attached hydrogens (tertiary/aromatic N) is 3. The number of rotatable bonds is 6. The molecule has 23 heavy (non-hydrogen) atoms. The number of halogens is 1. The number of hydrogen-bond acceptors (Lipinski definition) is 5. The molecule has 1 heterocycles. The van der Waals surface area contributed by atoms with E-state index in [4.69, 9.17) is 5.73 Å². The normalized spacial score (nSPS) is 13.2. The van der Waals surface area contributed by atoms with E-state index in [9.17, 15) is 18.0 Å². The summed E-state index contributed by atoms with van der Waals surface area (Å²) >= 11 is 0. The largest absolute Gasteiger partial charge is 0.330 e. The summed E-state index contributed by atoms with van der Waals surface area (Å²) < 4.78 is 28.0. The quantitative estimate of drug-likeness (QED) is 0.728. The fourth-order valence-corrected chi connectivity index (χ4v) is 3.23. The van der Waals surface area contributed by atoms with Crippen molar-refractivity contribution in [2.24, 2.45) is 25.7 Å². The van der Waals surface area contributed by atoms with Crippen molar-refractivity contribution in [1.82, 2.24) is 13.4 Å². The standard InChI is InChI=1S/C13H24N4O4S.ClH/c1-9(2)10(14)6-7-16(4)22(20,21)11-8-15(3)13(19)17(5)12(11)18;/h8-10H,6-7,14H2,1-5H3;1H. The third kappa shape index (κ3) is 4.66. The molecule has 1 aromatic rings. The molecule has 0 saturated heterocycles. The first-order chi connectivity index (χ1) is 10.00. The van der Waals surface area contributed by atoms with Gasteiger partial charge in [0.25, 0.3) is 5.56 Å². The van der Waals surface area contributed by atoms with Gasteiger partial charge in [0, 0.05) is 39.9 Å². The van der Waals surface area contributed by atoms with Gasteiger partial charge in [0.15, 0.2) is 4.90 Å². The molecule has 1 unspecified atom stereocenters. The van der Waals surface area contributed by atoms with Gasteiger partial charge in [-0.1, -0.05) is 13.8 Å². The van der Waals surface area contributed by atoms with Crippen LogP contribution in [0.25, 0.3) is 0 Å². The Bertz CT molecular complexity index is 754. The van der Waals surface area contributed by atoms with E-state index >= 15 is 0 Å². The van der Waals surface area contributed by atoms with Crippen LogP contribution in [0.4, 0.5) is 0 Å². The number of nitrogens with two attached hydrogens (primary N) is 1. The molecule has 0 spiro atoms. The van der Waals surface area contributed by atoms with Crippen LogP contribution in [0.1, 0.15) is 20.3 Å². The summed E-state index contributed by atoms with van der Waals surface area (Å²) in [4.78, 5) is 23.3. The first-order valence-electron chi connectivity index (χ1n) is 6.98. The van der Waals surface area contributed by atoms with Crippen molar-refractivity contribution < 1.29 is 8.42 Å². The van der Waals surface area contributed by atoms with Crippen LogP contribution >= 0.6 is 12.4 Å². The Labute approximate surface area is 142 Å². The van der Waals surface area contributed by atoms with Crippen molar-refractivity contribution >= 4 is 22.4 Å². The Kier molecular flexibility index (Phi) is 7.68. The predicted molar refractivity (Wildman–Crippen MR) is 91.4 cm³/mol. The molecule has 1 aromatic heterocycles. The van der Waals surface area contributed by atoms with Gasteiger partial charge in [0.1, 0.15) is 0 Å². The Balaban J connectivity index is 0.00000484. The second kappa shape index (κ2) is 8.09. The summed E-state index contributed by atoms with van der Waals surface area (Å²) in [7, 11) is 0.0744. The summed E-state index contributed by atoms with van der Waals surface area (Å²) in [6, 6.07) is -0.124. The molecular weight excluding hydrogens is 344 g/mol. The van der Waals surface area contributed by atoms with Gasteiger partial charge in [0.05, 0.1) is 0 Å². The van der Waals surface area contributed by atoms with Gasteiger partial charge in [-0.3, -0.25) is 9.36 Å². The average Bonchev–Trinajstić information content (AvgIpc) is 2.45. The lowest BCUT2D eigenvalue weighted by atomic mass is 10.0. The van der Waals surface area contributed by atoms with Crippen molar-refractivity contribution in [2.45, 2.75) is 31.2 Å². The molecule has 0 bridgehead atoms. The van der Waals surface area contributed by atoms with Crippen LogP contribution < -0.4 is 17.0 Å². The van der Waals surface area contributed by atoms with Crippen molar-refractivity contribution in [3.05, 3.63) is 27.0 Å². The summed E-state index contributed by atoms with van der Waals surface area (Å²) in [5.41, 5.74) is 4.51. The fourth-order valence-electron chi connectivity index (χ4n) is 1.90. The number of aryl methyl sites for hydroxylation is 1. The molecule has 0 fully saturated rings. The van der Waals surface area contributed by atoms with Crippen molar-refractivity contribution in [3.8, 4) is 0 Å². The van der Waals surface area contributed by atoms with E-state index in [2.05, 4.69) is 0 Å². The van der Waals surface area contributed by atoms with Crippen LogP contribution in [0.3, 0.4) is 0 Å². The molecule has 0 aliphatic rings. The fraction of sp³-hybridized carbons (Fsp3) is 0.692. The van der Waals surface area contributed by atoms with Crippen molar-refractivity contribution in [2.75, 3.05) is 13.6 Å². The molecule has 0 amide bonds. The van der Waals surface area contributed by atoms with Gasteiger partial charge in [-0.2, -0.15) is 0 Å². The Morgan fingerprint density at radius 2 is 1.78 bits per heavy atom. The smallest absolute Gasteiger partial charge is 0.327 e. The van der Waals surface area contributed by atoms with Gasteiger partial charge in [-0.25, -0.2) is 17.5 Å². The second-order valence-corrected chi connectivity index (χ2v) is 7.79. The molecule has 134 valence electrons. The van der Waals surface area contributed by atoms with Crippen LogP contribution in [-0.2, 0) is 24.1 Å².